The van der Waals surface area contributed by atoms with Gasteiger partial charge in [-0.1, -0.05) is 34.3 Å². The molecule has 0 aliphatic carbocycles. The largest absolute Gasteiger partial charge is 0.366 e. The molecular formula is C12H19N3O. The van der Waals surface area contributed by atoms with E-state index in [2.05, 4.69) is 16.6 Å². The van der Waals surface area contributed by atoms with E-state index >= 15 is 0 Å². The van der Waals surface area contributed by atoms with Crippen molar-refractivity contribution in [2.75, 3.05) is 0 Å². The summed E-state index contributed by atoms with van der Waals surface area (Å²) in [6, 6.07) is 0. The van der Waals surface area contributed by atoms with Crippen LogP contribution in [0.5, 0.6) is 0 Å². The van der Waals surface area contributed by atoms with Crippen LogP contribution in [0.25, 0.3) is 0 Å². The van der Waals surface area contributed by atoms with E-state index in [9.17, 15) is 4.79 Å². The van der Waals surface area contributed by atoms with Gasteiger partial charge in [0.2, 0.25) is 5.91 Å². The van der Waals surface area contributed by atoms with Crippen LogP contribution < -0.4 is 5.73 Å². The lowest BCUT2D eigenvalue weighted by molar-refractivity contribution is -0.115. The molecule has 1 atom stereocenters. The molecule has 4 heteroatoms. The average molecular weight is 221 g/mol. The van der Waals surface area contributed by atoms with E-state index in [1.54, 1.807) is 6.21 Å². The Labute approximate surface area is 96.4 Å². The summed E-state index contributed by atoms with van der Waals surface area (Å²) in [5.74, 6) is 0.565. The van der Waals surface area contributed by atoms with E-state index in [1.165, 1.54) is 0 Å². The van der Waals surface area contributed by atoms with Gasteiger partial charge < -0.3 is 5.73 Å². The first-order chi connectivity index (χ1) is 7.31. The Balaban J connectivity index is 3.18. The van der Waals surface area contributed by atoms with E-state index < -0.39 is 11.4 Å². The summed E-state index contributed by atoms with van der Waals surface area (Å²) in [5, 5.41) is 0. The van der Waals surface area contributed by atoms with Crippen LogP contribution in [0.3, 0.4) is 0 Å². The summed E-state index contributed by atoms with van der Waals surface area (Å²) >= 11 is 0. The zero-order valence-electron chi connectivity index (χ0n) is 10.3. The minimum atomic E-state index is -0.745. The van der Waals surface area contributed by atoms with E-state index in [1.807, 2.05) is 27.7 Å². The van der Waals surface area contributed by atoms with Crippen molar-refractivity contribution >= 4 is 18.0 Å². The number of aliphatic imine (C=N–C) groups is 2. The highest BCUT2D eigenvalue weighted by Gasteiger charge is 2.40. The molecule has 1 aliphatic heterocycles. The van der Waals surface area contributed by atoms with Crippen molar-refractivity contribution in [1.82, 2.24) is 0 Å². The number of rotatable bonds is 4. The maximum atomic E-state index is 11.3. The fraction of sp³-hybridized carbons (Fsp3) is 0.583. The first kappa shape index (κ1) is 12.6. The second-order valence-electron chi connectivity index (χ2n) is 4.71. The number of carbonyl (C=O) groups excluding carboxylic acids is 1. The van der Waals surface area contributed by atoms with Gasteiger partial charge in [-0.3, -0.25) is 9.79 Å². The van der Waals surface area contributed by atoms with E-state index in [-0.39, 0.29) is 11.8 Å². The molecule has 1 amide bonds. The van der Waals surface area contributed by atoms with Gasteiger partial charge in [-0.15, -0.1) is 0 Å². The minimum absolute atomic E-state index is 0.104. The Morgan fingerprint density at radius 2 is 2.00 bits per heavy atom. The van der Waals surface area contributed by atoms with Crippen molar-refractivity contribution in [2.24, 2.45) is 27.6 Å². The van der Waals surface area contributed by atoms with Crippen molar-refractivity contribution in [3.8, 4) is 0 Å². The van der Waals surface area contributed by atoms with Crippen molar-refractivity contribution in [2.45, 2.75) is 33.2 Å². The fourth-order valence-electron chi connectivity index (χ4n) is 1.66. The van der Waals surface area contributed by atoms with Crippen LogP contribution in [0.15, 0.2) is 22.1 Å². The van der Waals surface area contributed by atoms with Crippen LogP contribution in [-0.2, 0) is 4.79 Å². The molecule has 0 aromatic carbocycles. The SMILES string of the molecule is C=C(C(N)=O)C1(C(C)C)C=NC(C(C)C)=N1. The van der Waals surface area contributed by atoms with Gasteiger partial charge in [-0.25, -0.2) is 4.99 Å². The number of nitrogens with two attached hydrogens (primary N) is 1. The van der Waals surface area contributed by atoms with Crippen molar-refractivity contribution in [1.29, 1.82) is 0 Å². The average Bonchev–Trinajstić information content (AvgIpc) is 2.62. The van der Waals surface area contributed by atoms with Crippen molar-refractivity contribution in [3.05, 3.63) is 12.2 Å². The molecule has 0 bridgehead atoms. The molecule has 1 rings (SSSR count). The third-order valence-corrected chi connectivity index (χ3v) is 2.87. The molecule has 0 spiro atoms. The number of carbonyl (C=O) groups is 1. The second kappa shape index (κ2) is 4.20. The molecule has 1 unspecified atom stereocenters. The zero-order valence-corrected chi connectivity index (χ0v) is 10.3. The predicted octanol–water partition coefficient (Wildman–Crippen LogP) is 1.56. The monoisotopic (exact) mass is 221 g/mol. The topological polar surface area (TPSA) is 67.8 Å². The summed E-state index contributed by atoms with van der Waals surface area (Å²) in [6.45, 7) is 11.7. The van der Waals surface area contributed by atoms with Crippen molar-refractivity contribution in [3.63, 3.8) is 0 Å². The Morgan fingerprint density at radius 3 is 2.31 bits per heavy atom. The molecule has 2 N–H and O–H groups in total. The highest BCUT2D eigenvalue weighted by Crippen LogP contribution is 2.32. The maximum Gasteiger partial charge on any atom is 0.246 e. The molecule has 0 saturated heterocycles. The second-order valence-corrected chi connectivity index (χ2v) is 4.71. The lowest BCUT2D eigenvalue weighted by atomic mass is 9.81. The lowest BCUT2D eigenvalue weighted by Crippen LogP contribution is -2.40. The number of amides is 1. The van der Waals surface area contributed by atoms with Gasteiger partial charge >= 0.3 is 0 Å². The Bertz CT molecular complexity index is 380. The highest BCUT2D eigenvalue weighted by atomic mass is 16.1. The van der Waals surface area contributed by atoms with E-state index in [0.29, 0.717) is 5.57 Å². The van der Waals surface area contributed by atoms with Crippen LogP contribution in [-0.4, -0.2) is 23.5 Å². The van der Waals surface area contributed by atoms with Crippen LogP contribution >= 0.6 is 0 Å². The van der Waals surface area contributed by atoms with Gasteiger partial charge in [0, 0.05) is 17.7 Å². The van der Waals surface area contributed by atoms with Crippen LogP contribution in [0, 0.1) is 11.8 Å². The molecule has 1 aliphatic rings. The maximum absolute atomic E-state index is 11.3. The molecule has 0 saturated carbocycles. The van der Waals surface area contributed by atoms with Gasteiger partial charge in [0.1, 0.15) is 11.4 Å². The Morgan fingerprint density at radius 1 is 1.44 bits per heavy atom. The van der Waals surface area contributed by atoms with Gasteiger partial charge in [0.25, 0.3) is 0 Å². The number of hydrogen-bond acceptors (Lipinski definition) is 3. The van der Waals surface area contributed by atoms with E-state index in [0.717, 1.165) is 5.84 Å². The molecule has 0 radical (unpaired) electrons. The first-order valence-electron chi connectivity index (χ1n) is 5.45. The molecule has 0 fully saturated rings. The number of hydrogen-bond donors (Lipinski definition) is 1. The normalized spacial score (nSPS) is 24.0. The standard InChI is InChI=1S/C12H19N3O/c1-7(2)11-14-6-12(15-11,8(3)4)9(5)10(13)16/h6-8H,5H2,1-4H3,(H2,13,16). The smallest absolute Gasteiger partial charge is 0.246 e. The van der Waals surface area contributed by atoms with Gasteiger partial charge in [-0.2, -0.15) is 0 Å². The zero-order chi connectivity index (χ0) is 12.5. The summed E-state index contributed by atoms with van der Waals surface area (Å²) in [7, 11) is 0. The Hall–Kier alpha value is -1.45. The Kier molecular flexibility index (Phi) is 3.31. The molecule has 4 nitrogen and oxygen atoms in total. The number of amidine groups is 1. The molecule has 1 heterocycles. The fourth-order valence-corrected chi connectivity index (χ4v) is 1.66. The van der Waals surface area contributed by atoms with Gasteiger partial charge in [-0.05, 0) is 5.92 Å². The van der Waals surface area contributed by atoms with Crippen LogP contribution in [0.1, 0.15) is 27.7 Å². The third-order valence-electron chi connectivity index (χ3n) is 2.87. The minimum Gasteiger partial charge on any atom is -0.366 e. The predicted molar refractivity (Wildman–Crippen MR) is 66.7 cm³/mol. The molecule has 16 heavy (non-hydrogen) atoms. The molecule has 88 valence electrons. The summed E-state index contributed by atoms with van der Waals surface area (Å²) in [4.78, 5) is 20.1. The van der Waals surface area contributed by atoms with Crippen molar-refractivity contribution < 1.29 is 4.79 Å². The summed E-state index contributed by atoms with van der Waals surface area (Å²) in [5.41, 5.74) is 4.85. The van der Waals surface area contributed by atoms with Gasteiger partial charge in [0.05, 0.1) is 0 Å². The quantitative estimate of drug-likeness (QED) is 0.719. The third kappa shape index (κ3) is 1.92. The van der Waals surface area contributed by atoms with E-state index in [4.69, 9.17) is 5.73 Å². The van der Waals surface area contributed by atoms with Gasteiger partial charge in [0.15, 0.2) is 0 Å². The van der Waals surface area contributed by atoms with Crippen LogP contribution in [0.4, 0.5) is 0 Å². The first-order valence-corrected chi connectivity index (χ1v) is 5.45. The summed E-state index contributed by atoms with van der Waals surface area (Å²) < 4.78 is 0. The lowest BCUT2D eigenvalue weighted by Gasteiger charge is -2.28. The summed E-state index contributed by atoms with van der Waals surface area (Å²) in [6.07, 6.45) is 1.69. The molecule has 0 aromatic rings. The molecule has 0 aromatic heterocycles. The number of primary amides is 1. The molecular weight excluding hydrogens is 202 g/mol. The highest BCUT2D eigenvalue weighted by molar-refractivity contribution is 6.07. The number of nitrogens with zero attached hydrogens (tertiary/aromatic N) is 2. The van der Waals surface area contributed by atoms with Crippen LogP contribution in [0.2, 0.25) is 0 Å².